The number of carbonyl (C=O) groups excluding carboxylic acids is 1. The molecule has 3 saturated heterocycles. The summed E-state index contributed by atoms with van der Waals surface area (Å²) in [6, 6.07) is 0.813. The molecule has 128 valence electrons. The molecule has 1 amide bonds. The number of hydrogen-bond donors (Lipinski definition) is 1. The molecule has 2 unspecified atom stereocenters. The van der Waals surface area contributed by atoms with Gasteiger partial charge in [0.25, 0.3) is 0 Å². The molecular formula is C17H32ClN3O. The van der Waals surface area contributed by atoms with Crippen molar-refractivity contribution in [1.29, 1.82) is 0 Å². The van der Waals surface area contributed by atoms with E-state index in [4.69, 9.17) is 0 Å². The molecule has 0 saturated carbocycles. The fourth-order valence-electron chi connectivity index (χ4n) is 4.25. The Morgan fingerprint density at radius 3 is 2.32 bits per heavy atom. The van der Waals surface area contributed by atoms with Gasteiger partial charge >= 0.3 is 0 Å². The minimum absolute atomic E-state index is 0. The van der Waals surface area contributed by atoms with Gasteiger partial charge in [-0.05, 0) is 64.1 Å². The van der Waals surface area contributed by atoms with Gasteiger partial charge < -0.3 is 15.1 Å². The summed E-state index contributed by atoms with van der Waals surface area (Å²) >= 11 is 0. The van der Waals surface area contributed by atoms with Gasteiger partial charge in [0.05, 0.1) is 6.04 Å². The normalized spacial score (nSPS) is 31.6. The molecule has 0 aromatic carbocycles. The van der Waals surface area contributed by atoms with E-state index in [1.54, 1.807) is 0 Å². The van der Waals surface area contributed by atoms with Crippen molar-refractivity contribution in [3.8, 4) is 0 Å². The summed E-state index contributed by atoms with van der Waals surface area (Å²) in [5.74, 6) is 1.05. The molecule has 3 aliphatic heterocycles. The third-order valence-electron chi connectivity index (χ3n) is 5.65. The van der Waals surface area contributed by atoms with Crippen molar-refractivity contribution in [3.05, 3.63) is 0 Å². The Morgan fingerprint density at radius 2 is 1.68 bits per heavy atom. The Balaban J connectivity index is 0.00000176. The first-order valence-electron chi connectivity index (χ1n) is 9.00. The molecule has 1 N–H and O–H groups in total. The Labute approximate surface area is 141 Å². The lowest BCUT2D eigenvalue weighted by Crippen LogP contribution is -2.54. The lowest BCUT2D eigenvalue weighted by Gasteiger charge is -2.41. The second-order valence-corrected chi connectivity index (χ2v) is 7.29. The SMILES string of the molecule is CC1CCNC(C(=O)N2CCC(N3CCCCC3)CC2)C1.Cl. The zero-order valence-electron chi connectivity index (χ0n) is 13.9. The van der Waals surface area contributed by atoms with Gasteiger partial charge in [-0.3, -0.25) is 4.79 Å². The van der Waals surface area contributed by atoms with Crippen LogP contribution in [-0.2, 0) is 4.79 Å². The summed E-state index contributed by atoms with van der Waals surface area (Å²) in [5, 5.41) is 3.42. The second-order valence-electron chi connectivity index (χ2n) is 7.29. The van der Waals surface area contributed by atoms with Gasteiger partial charge in [-0.15, -0.1) is 12.4 Å². The molecule has 0 aliphatic carbocycles. The number of amides is 1. The van der Waals surface area contributed by atoms with E-state index in [1.807, 2.05) is 0 Å². The molecule has 0 radical (unpaired) electrons. The number of likely N-dealkylation sites (tertiary alicyclic amines) is 2. The van der Waals surface area contributed by atoms with Crippen LogP contribution >= 0.6 is 12.4 Å². The Morgan fingerprint density at radius 1 is 1.00 bits per heavy atom. The maximum atomic E-state index is 12.6. The van der Waals surface area contributed by atoms with E-state index >= 15 is 0 Å². The quantitative estimate of drug-likeness (QED) is 0.844. The third-order valence-corrected chi connectivity index (χ3v) is 5.65. The number of halogens is 1. The van der Waals surface area contributed by atoms with E-state index in [2.05, 4.69) is 22.0 Å². The van der Waals surface area contributed by atoms with Crippen LogP contribution in [0.15, 0.2) is 0 Å². The first-order chi connectivity index (χ1) is 10.2. The number of piperidine rings is 3. The molecule has 5 heteroatoms. The van der Waals surface area contributed by atoms with Crippen LogP contribution in [0.2, 0.25) is 0 Å². The highest BCUT2D eigenvalue weighted by atomic mass is 35.5. The van der Waals surface area contributed by atoms with E-state index in [9.17, 15) is 4.79 Å². The largest absolute Gasteiger partial charge is 0.341 e. The summed E-state index contributed by atoms with van der Waals surface area (Å²) in [5.41, 5.74) is 0. The van der Waals surface area contributed by atoms with E-state index in [1.165, 1.54) is 51.6 Å². The molecule has 3 fully saturated rings. The molecule has 4 nitrogen and oxygen atoms in total. The van der Waals surface area contributed by atoms with Crippen molar-refractivity contribution < 1.29 is 4.79 Å². The zero-order chi connectivity index (χ0) is 14.7. The fourth-order valence-corrected chi connectivity index (χ4v) is 4.25. The maximum Gasteiger partial charge on any atom is 0.239 e. The predicted molar refractivity (Wildman–Crippen MR) is 92.5 cm³/mol. The maximum absolute atomic E-state index is 12.6. The first-order valence-corrected chi connectivity index (χ1v) is 9.00. The van der Waals surface area contributed by atoms with Crippen molar-refractivity contribution in [2.24, 2.45) is 5.92 Å². The van der Waals surface area contributed by atoms with Crippen molar-refractivity contribution >= 4 is 18.3 Å². The van der Waals surface area contributed by atoms with Gasteiger partial charge in [-0.1, -0.05) is 13.3 Å². The monoisotopic (exact) mass is 329 g/mol. The number of nitrogens with one attached hydrogen (secondary N) is 1. The van der Waals surface area contributed by atoms with Crippen molar-refractivity contribution in [1.82, 2.24) is 15.1 Å². The van der Waals surface area contributed by atoms with Gasteiger partial charge in [0.2, 0.25) is 5.91 Å². The summed E-state index contributed by atoms with van der Waals surface area (Å²) in [6.07, 6.45) is 8.71. The number of rotatable bonds is 2. The van der Waals surface area contributed by atoms with Gasteiger partial charge in [0.15, 0.2) is 0 Å². The van der Waals surface area contributed by atoms with Crippen LogP contribution in [0.1, 0.15) is 51.9 Å². The summed E-state index contributed by atoms with van der Waals surface area (Å²) < 4.78 is 0. The highest BCUT2D eigenvalue weighted by Gasteiger charge is 2.32. The Kier molecular flexibility index (Phi) is 6.97. The first kappa shape index (κ1) is 18.0. The molecule has 0 aromatic rings. The fraction of sp³-hybridized carbons (Fsp3) is 0.941. The summed E-state index contributed by atoms with van der Waals surface area (Å²) in [7, 11) is 0. The Bertz CT molecular complexity index is 352. The van der Waals surface area contributed by atoms with E-state index in [-0.39, 0.29) is 18.4 Å². The van der Waals surface area contributed by atoms with E-state index in [0.29, 0.717) is 11.8 Å². The standard InChI is InChI=1S/C17H31N3O.ClH/c1-14-5-8-18-16(13-14)17(21)20-11-6-15(7-12-20)19-9-3-2-4-10-19;/h14-16,18H,2-13H2,1H3;1H. The predicted octanol–water partition coefficient (Wildman–Crippen LogP) is 2.27. The molecule has 0 spiro atoms. The zero-order valence-corrected chi connectivity index (χ0v) is 14.7. The lowest BCUT2D eigenvalue weighted by atomic mass is 9.92. The topological polar surface area (TPSA) is 35.6 Å². The van der Waals surface area contributed by atoms with Crippen LogP contribution < -0.4 is 5.32 Å². The van der Waals surface area contributed by atoms with E-state index < -0.39 is 0 Å². The van der Waals surface area contributed by atoms with Crippen LogP contribution in [-0.4, -0.2) is 60.5 Å². The summed E-state index contributed by atoms with van der Waals surface area (Å²) in [4.78, 5) is 17.4. The molecule has 3 aliphatic rings. The van der Waals surface area contributed by atoms with Gasteiger partial charge in [-0.2, -0.15) is 0 Å². The van der Waals surface area contributed by atoms with Crippen LogP contribution in [0.4, 0.5) is 0 Å². The molecule has 2 atom stereocenters. The lowest BCUT2D eigenvalue weighted by molar-refractivity contribution is -0.136. The minimum atomic E-state index is 0. The average molecular weight is 330 g/mol. The number of nitrogens with zero attached hydrogens (tertiary/aromatic N) is 2. The van der Waals surface area contributed by atoms with Crippen molar-refractivity contribution in [2.45, 2.75) is 64.0 Å². The van der Waals surface area contributed by atoms with Crippen molar-refractivity contribution in [2.75, 3.05) is 32.7 Å². The van der Waals surface area contributed by atoms with Crippen LogP contribution in [0.3, 0.4) is 0 Å². The molecule has 3 rings (SSSR count). The number of hydrogen-bond acceptors (Lipinski definition) is 3. The smallest absolute Gasteiger partial charge is 0.239 e. The molecule has 22 heavy (non-hydrogen) atoms. The molecule has 3 heterocycles. The second kappa shape index (κ2) is 8.51. The highest BCUT2D eigenvalue weighted by Crippen LogP contribution is 2.23. The van der Waals surface area contributed by atoms with Crippen LogP contribution in [0.25, 0.3) is 0 Å². The van der Waals surface area contributed by atoms with Crippen molar-refractivity contribution in [3.63, 3.8) is 0 Å². The van der Waals surface area contributed by atoms with Gasteiger partial charge in [0.1, 0.15) is 0 Å². The van der Waals surface area contributed by atoms with Gasteiger partial charge in [-0.25, -0.2) is 0 Å². The van der Waals surface area contributed by atoms with Gasteiger partial charge in [0, 0.05) is 19.1 Å². The summed E-state index contributed by atoms with van der Waals surface area (Å²) in [6.45, 7) is 7.76. The van der Waals surface area contributed by atoms with Crippen LogP contribution in [0, 0.1) is 5.92 Å². The highest BCUT2D eigenvalue weighted by molar-refractivity contribution is 5.85. The number of carbonyl (C=O) groups is 1. The molecular weight excluding hydrogens is 298 g/mol. The van der Waals surface area contributed by atoms with E-state index in [0.717, 1.165) is 32.1 Å². The minimum Gasteiger partial charge on any atom is -0.341 e. The third kappa shape index (κ3) is 4.36. The van der Waals surface area contributed by atoms with Crippen LogP contribution in [0.5, 0.6) is 0 Å². The molecule has 0 bridgehead atoms. The average Bonchev–Trinajstić information content (AvgIpc) is 2.55. The molecule has 0 aromatic heterocycles. The Hall–Kier alpha value is -0.320.